The molecule has 1 aliphatic heterocycles. The van der Waals surface area contributed by atoms with E-state index < -0.39 is 0 Å². The van der Waals surface area contributed by atoms with E-state index in [1.165, 1.54) is 23.5 Å². The minimum atomic E-state index is -0.260. The van der Waals surface area contributed by atoms with E-state index >= 15 is 0 Å². The van der Waals surface area contributed by atoms with Gasteiger partial charge >= 0.3 is 0 Å². The molecule has 1 aliphatic rings. The van der Waals surface area contributed by atoms with E-state index in [0.717, 1.165) is 29.8 Å². The zero-order valence-electron chi connectivity index (χ0n) is 12.6. The molecule has 2 N–H and O–H groups in total. The van der Waals surface area contributed by atoms with Crippen molar-refractivity contribution in [1.82, 2.24) is 9.88 Å². The number of likely N-dealkylation sites (tertiary alicyclic amines) is 1. The van der Waals surface area contributed by atoms with Crippen LogP contribution in [0.3, 0.4) is 0 Å². The standard InChI is InChI=1S/C16H18FN3OS.ClH/c17-12-6-4-11(5-7-12)14-3-1-2-8-20(14)16(21)13-10-22-15(9-18)19-13;/h4-7,10,14H,1-3,8-9,18H2;1H. The van der Waals surface area contributed by atoms with Crippen LogP contribution in [-0.4, -0.2) is 22.3 Å². The van der Waals surface area contributed by atoms with Gasteiger partial charge in [0.15, 0.2) is 0 Å². The van der Waals surface area contributed by atoms with Gasteiger partial charge in [0.2, 0.25) is 0 Å². The summed E-state index contributed by atoms with van der Waals surface area (Å²) in [5, 5.41) is 2.53. The Labute approximate surface area is 144 Å². The summed E-state index contributed by atoms with van der Waals surface area (Å²) in [6.07, 6.45) is 2.94. The molecule has 3 rings (SSSR count). The van der Waals surface area contributed by atoms with Crippen LogP contribution in [0.2, 0.25) is 0 Å². The van der Waals surface area contributed by atoms with Gasteiger partial charge in [-0.2, -0.15) is 0 Å². The number of benzene rings is 1. The van der Waals surface area contributed by atoms with Crippen molar-refractivity contribution in [2.45, 2.75) is 31.8 Å². The fourth-order valence-corrected chi connectivity index (χ4v) is 3.50. The maximum atomic E-state index is 13.1. The minimum absolute atomic E-state index is 0. The average Bonchev–Trinajstić information content (AvgIpc) is 3.04. The van der Waals surface area contributed by atoms with Crippen LogP contribution in [0.25, 0.3) is 0 Å². The number of carbonyl (C=O) groups is 1. The molecule has 2 heterocycles. The van der Waals surface area contributed by atoms with Crippen LogP contribution in [0.4, 0.5) is 4.39 Å². The molecule has 0 saturated carbocycles. The van der Waals surface area contributed by atoms with E-state index in [1.807, 2.05) is 4.90 Å². The number of nitrogens with two attached hydrogens (primary N) is 1. The second-order valence-corrected chi connectivity index (χ2v) is 6.33. The first kappa shape index (κ1) is 17.8. The Morgan fingerprint density at radius 2 is 2.09 bits per heavy atom. The van der Waals surface area contributed by atoms with Crippen molar-refractivity contribution in [1.29, 1.82) is 0 Å². The summed E-state index contributed by atoms with van der Waals surface area (Å²) in [7, 11) is 0. The first-order valence-corrected chi connectivity index (χ1v) is 8.28. The van der Waals surface area contributed by atoms with Crippen LogP contribution in [-0.2, 0) is 6.54 Å². The van der Waals surface area contributed by atoms with Gasteiger partial charge < -0.3 is 10.6 Å². The summed E-state index contributed by atoms with van der Waals surface area (Å²) in [5.74, 6) is -0.325. The SMILES string of the molecule is Cl.NCc1nc(C(=O)N2CCCCC2c2ccc(F)cc2)cs1. The van der Waals surface area contributed by atoms with Crippen LogP contribution in [0.15, 0.2) is 29.6 Å². The molecular weight excluding hydrogens is 337 g/mol. The van der Waals surface area contributed by atoms with Crippen LogP contribution in [0.5, 0.6) is 0 Å². The monoisotopic (exact) mass is 355 g/mol. The number of thiazole rings is 1. The number of hydrogen-bond acceptors (Lipinski definition) is 4. The molecule has 1 aromatic carbocycles. The number of rotatable bonds is 3. The molecule has 4 nitrogen and oxygen atoms in total. The molecule has 7 heteroatoms. The van der Waals surface area contributed by atoms with Gasteiger partial charge in [0, 0.05) is 18.5 Å². The predicted molar refractivity (Wildman–Crippen MR) is 91.3 cm³/mol. The molecule has 1 atom stereocenters. The molecule has 0 radical (unpaired) electrons. The van der Waals surface area contributed by atoms with Crippen LogP contribution >= 0.6 is 23.7 Å². The maximum Gasteiger partial charge on any atom is 0.273 e. The van der Waals surface area contributed by atoms with Crippen molar-refractivity contribution >= 4 is 29.7 Å². The van der Waals surface area contributed by atoms with Crippen molar-refractivity contribution in [2.75, 3.05) is 6.54 Å². The first-order chi connectivity index (χ1) is 10.7. The van der Waals surface area contributed by atoms with Gasteiger partial charge in [-0.3, -0.25) is 4.79 Å². The third-order valence-corrected chi connectivity index (χ3v) is 4.84. The van der Waals surface area contributed by atoms with E-state index in [0.29, 0.717) is 18.8 Å². The average molecular weight is 356 g/mol. The van der Waals surface area contributed by atoms with Gasteiger partial charge in [-0.1, -0.05) is 12.1 Å². The summed E-state index contributed by atoms with van der Waals surface area (Å²) in [6, 6.07) is 6.41. The molecule has 0 spiro atoms. The lowest BCUT2D eigenvalue weighted by molar-refractivity contribution is 0.0606. The summed E-state index contributed by atoms with van der Waals surface area (Å²) in [4.78, 5) is 18.9. The van der Waals surface area contributed by atoms with Crippen molar-refractivity contribution in [3.8, 4) is 0 Å². The Morgan fingerprint density at radius 1 is 1.35 bits per heavy atom. The topological polar surface area (TPSA) is 59.2 Å². The fraction of sp³-hybridized carbons (Fsp3) is 0.375. The van der Waals surface area contributed by atoms with Crippen molar-refractivity contribution in [2.24, 2.45) is 5.73 Å². The zero-order chi connectivity index (χ0) is 15.5. The number of amides is 1. The molecule has 1 saturated heterocycles. The molecule has 124 valence electrons. The fourth-order valence-electron chi connectivity index (χ4n) is 2.86. The summed E-state index contributed by atoms with van der Waals surface area (Å²) >= 11 is 1.41. The molecular formula is C16H19ClFN3OS. The molecule has 0 aliphatic carbocycles. The number of carbonyl (C=O) groups excluding carboxylic acids is 1. The van der Waals surface area contributed by atoms with Gasteiger partial charge in [0.1, 0.15) is 16.5 Å². The van der Waals surface area contributed by atoms with Gasteiger partial charge in [0.25, 0.3) is 5.91 Å². The van der Waals surface area contributed by atoms with Crippen molar-refractivity contribution in [3.05, 3.63) is 51.7 Å². The largest absolute Gasteiger partial charge is 0.330 e. The molecule has 1 fully saturated rings. The first-order valence-electron chi connectivity index (χ1n) is 7.40. The second kappa shape index (κ2) is 7.86. The molecule has 1 unspecified atom stereocenters. The van der Waals surface area contributed by atoms with E-state index in [2.05, 4.69) is 4.98 Å². The van der Waals surface area contributed by atoms with Gasteiger partial charge in [-0.25, -0.2) is 9.37 Å². The molecule has 2 aromatic rings. The quantitative estimate of drug-likeness (QED) is 0.916. The molecule has 23 heavy (non-hydrogen) atoms. The van der Waals surface area contributed by atoms with E-state index in [1.54, 1.807) is 17.5 Å². The van der Waals surface area contributed by atoms with Crippen LogP contribution in [0.1, 0.15) is 46.4 Å². The highest BCUT2D eigenvalue weighted by molar-refractivity contribution is 7.09. The Hall–Kier alpha value is -1.50. The minimum Gasteiger partial charge on any atom is -0.330 e. The molecule has 1 aromatic heterocycles. The number of halogens is 2. The highest BCUT2D eigenvalue weighted by Gasteiger charge is 2.29. The van der Waals surface area contributed by atoms with E-state index in [4.69, 9.17) is 5.73 Å². The summed E-state index contributed by atoms with van der Waals surface area (Å²) in [5.41, 5.74) is 7.00. The van der Waals surface area contributed by atoms with Crippen molar-refractivity contribution < 1.29 is 9.18 Å². The lowest BCUT2D eigenvalue weighted by atomic mass is 9.95. The number of aromatic nitrogens is 1. The normalized spacial score (nSPS) is 17.7. The highest BCUT2D eigenvalue weighted by atomic mass is 35.5. The number of hydrogen-bond donors (Lipinski definition) is 1. The number of nitrogens with zero attached hydrogens (tertiary/aromatic N) is 2. The second-order valence-electron chi connectivity index (χ2n) is 5.39. The third kappa shape index (κ3) is 3.88. The Morgan fingerprint density at radius 3 is 2.74 bits per heavy atom. The zero-order valence-corrected chi connectivity index (χ0v) is 14.2. The lowest BCUT2D eigenvalue weighted by Gasteiger charge is -2.35. The van der Waals surface area contributed by atoms with Crippen molar-refractivity contribution in [3.63, 3.8) is 0 Å². The van der Waals surface area contributed by atoms with Gasteiger partial charge in [0.05, 0.1) is 6.04 Å². The summed E-state index contributed by atoms with van der Waals surface area (Å²) in [6.45, 7) is 1.05. The third-order valence-electron chi connectivity index (χ3n) is 3.96. The van der Waals surface area contributed by atoms with Crippen LogP contribution < -0.4 is 5.73 Å². The van der Waals surface area contributed by atoms with E-state index in [9.17, 15) is 9.18 Å². The Bertz CT molecular complexity index is 662. The Balaban J connectivity index is 0.00000192. The smallest absolute Gasteiger partial charge is 0.273 e. The molecule has 1 amide bonds. The predicted octanol–water partition coefficient (Wildman–Crippen LogP) is 3.53. The van der Waals surface area contributed by atoms with Gasteiger partial charge in [-0.15, -0.1) is 23.7 Å². The summed E-state index contributed by atoms with van der Waals surface area (Å²) < 4.78 is 13.1. The van der Waals surface area contributed by atoms with E-state index in [-0.39, 0.29) is 30.2 Å². The Kier molecular flexibility index (Phi) is 6.10. The van der Waals surface area contributed by atoms with Crippen LogP contribution in [0, 0.1) is 5.82 Å². The van der Waals surface area contributed by atoms with Gasteiger partial charge in [-0.05, 0) is 37.0 Å². The maximum absolute atomic E-state index is 13.1. The highest BCUT2D eigenvalue weighted by Crippen LogP contribution is 2.32. The lowest BCUT2D eigenvalue weighted by Crippen LogP contribution is -2.38. The number of piperidine rings is 1. The molecule has 0 bridgehead atoms.